The van der Waals surface area contributed by atoms with Crippen LogP contribution in [0.2, 0.25) is 0 Å². The van der Waals surface area contributed by atoms with Gasteiger partial charge in [0.1, 0.15) is 12.3 Å². The molecule has 0 heterocycles. The maximum absolute atomic E-state index is 13.4. The van der Waals surface area contributed by atoms with Crippen LogP contribution in [0, 0.1) is 6.92 Å². The molecule has 0 saturated carbocycles. The summed E-state index contributed by atoms with van der Waals surface area (Å²) in [6.07, 6.45) is 0.653. The lowest BCUT2D eigenvalue weighted by atomic mass is 10.0. The smallest absolute Gasteiger partial charge is 0.264 e. The van der Waals surface area contributed by atoms with Gasteiger partial charge in [-0.1, -0.05) is 59.3 Å². The van der Waals surface area contributed by atoms with Crippen LogP contribution in [0.3, 0.4) is 0 Å². The normalized spacial score (nSPS) is 12.1. The number of nitrogens with one attached hydrogen (secondary N) is 1. The molecule has 0 radical (unpaired) electrons. The van der Waals surface area contributed by atoms with Gasteiger partial charge in [-0.05, 0) is 60.9 Å². The van der Waals surface area contributed by atoms with Gasteiger partial charge in [-0.15, -0.1) is 0 Å². The van der Waals surface area contributed by atoms with E-state index in [9.17, 15) is 13.2 Å². The average Bonchev–Trinajstić information content (AvgIpc) is 2.81. The standard InChI is InChI=1S/C25H27BrN2O4S/c1-4-23(19-13-14-24(32-3)18(2)15-19)27-25(29)17-28(21-10-8-9-20(26)16-21)33(30,31)22-11-6-5-7-12-22/h5-16,23H,4,17H2,1-3H3,(H,27,29)/t23-/m0/s1. The van der Waals surface area contributed by atoms with Crippen LogP contribution < -0.4 is 14.4 Å². The predicted octanol–water partition coefficient (Wildman–Crippen LogP) is 5.23. The third-order valence-electron chi connectivity index (χ3n) is 5.28. The number of anilines is 1. The van der Waals surface area contributed by atoms with E-state index in [1.807, 2.05) is 32.0 Å². The molecule has 0 aromatic heterocycles. The van der Waals surface area contributed by atoms with Crippen molar-refractivity contribution in [2.75, 3.05) is 18.0 Å². The Morgan fingerprint density at radius 2 is 1.79 bits per heavy atom. The first-order chi connectivity index (χ1) is 15.8. The van der Waals surface area contributed by atoms with Crippen LogP contribution in [0.15, 0.2) is 82.2 Å². The van der Waals surface area contributed by atoms with E-state index in [0.29, 0.717) is 16.6 Å². The van der Waals surface area contributed by atoms with Crippen molar-refractivity contribution in [3.05, 3.63) is 88.4 Å². The second kappa shape index (κ2) is 10.9. The molecule has 3 aromatic rings. The third-order valence-corrected chi connectivity index (χ3v) is 7.56. The Bertz CT molecular complexity index is 1220. The highest BCUT2D eigenvalue weighted by molar-refractivity contribution is 9.10. The number of benzene rings is 3. The van der Waals surface area contributed by atoms with Crippen molar-refractivity contribution >= 4 is 37.5 Å². The maximum Gasteiger partial charge on any atom is 0.264 e. The summed E-state index contributed by atoms with van der Waals surface area (Å²) in [5, 5.41) is 2.99. The molecule has 0 spiro atoms. The van der Waals surface area contributed by atoms with E-state index in [2.05, 4.69) is 21.2 Å². The van der Waals surface area contributed by atoms with E-state index in [1.165, 1.54) is 12.1 Å². The topological polar surface area (TPSA) is 75.7 Å². The van der Waals surface area contributed by atoms with Crippen molar-refractivity contribution in [2.45, 2.75) is 31.2 Å². The Balaban J connectivity index is 1.89. The fourth-order valence-electron chi connectivity index (χ4n) is 3.58. The zero-order valence-electron chi connectivity index (χ0n) is 18.8. The minimum atomic E-state index is -3.95. The fourth-order valence-corrected chi connectivity index (χ4v) is 5.40. The number of nitrogens with zero attached hydrogens (tertiary/aromatic N) is 1. The van der Waals surface area contributed by atoms with Gasteiger partial charge in [-0.2, -0.15) is 0 Å². The van der Waals surface area contributed by atoms with E-state index in [4.69, 9.17) is 4.74 Å². The molecule has 3 aromatic carbocycles. The molecule has 0 unspecified atom stereocenters. The third kappa shape index (κ3) is 5.94. The van der Waals surface area contributed by atoms with Gasteiger partial charge in [0, 0.05) is 4.47 Å². The van der Waals surface area contributed by atoms with Crippen LogP contribution in [-0.4, -0.2) is 28.0 Å². The van der Waals surface area contributed by atoms with Gasteiger partial charge in [-0.25, -0.2) is 8.42 Å². The molecule has 0 aliphatic rings. The van der Waals surface area contributed by atoms with Crippen LogP contribution in [0.5, 0.6) is 5.75 Å². The number of halogens is 1. The minimum Gasteiger partial charge on any atom is -0.496 e. The Kier molecular flexibility index (Phi) is 8.15. The molecule has 0 saturated heterocycles. The molecule has 0 aliphatic carbocycles. The molecule has 3 rings (SSSR count). The van der Waals surface area contributed by atoms with E-state index in [-0.39, 0.29) is 17.5 Å². The van der Waals surface area contributed by atoms with E-state index < -0.39 is 15.9 Å². The highest BCUT2D eigenvalue weighted by Gasteiger charge is 2.28. The van der Waals surface area contributed by atoms with Gasteiger partial charge in [-0.3, -0.25) is 9.10 Å². The Morgan fingerprint density at radius 1 is 1.06 bits per heavy atom. The molecule has 0 fully saturated rings. The zero-order chi connectivity index (χ0) is 24.0. The molecule has 8 heteroatoms. The lowest BCUT2D eigenvalue weighted by molar-refractivity contribution is -0.120. The number of methoxy groups -OCH3 is 1. The van der Waals surface area contributed by atoms with Crippen LogP contribution in [0.1, 0.15) is 30.5 Å². The van der Waals surface area contributed by atoms with Crippen LogP contribution in [0.25, 0.3) is 0 Å². The highest BCUT2D eigenvalue weighted by Crippen LogP contribution is 2.27. The van der Waals surface area contributed by atoms with Crippen molar-refractivity contribution in [3.63, 3.8) is 0 Å². The number of aryl methyl sites for hydroxylation is 1. The summed E-state index contributed by atoms with van der Waals surface area (Å²) in [7, 11) is -2.34. The van der Waals surface area contributed by atoms with Gasteiger partial charge < -0.3 is 10.1 Å². The first-order valence-corrected chi connectivity index (χ1v) is 12.8. The van der Waals surface area contributed by atoms with Crippen molar-refractivity contribution in [1.82, 2.24) is 5.32 Å². The molecular formula is C25H27BrN2O4S. The number of carbonyl (C=O) groups excluding carboxylic acids is 1. The number of rotatable bonds is 9. The Labute approximate surface area is 203 Å². The quantitative estimate of drug-likeness (QED) is 0.411. The predicted molar refractivity (Wildman–Crippen MR) is 134 cm³/mol. The molecule has 1 amide bonds. The molecule has 174 valence electrons. The number of amides is 1. The van der Waals surface area contributed by atoms with E-state index in [1.54, 1.807) is 49.6 Å². The lowest BCUT2D eigenvalue weighted by Crippen LogP contribution is -2.42. The number of hydrogen-bond donors (Lipinski definition) is 1. The largest absolute Gasteiger partial charge is 0.496 e. The molecule has 0 bridgehead atoms. The number of hydrogen-bond acceptors (Lipinski definition) is 4. The van der Waals surface area contributed by atoms with Crippen LogP contribution in [-0.2, 0) is 14.8 Å². The van der Waals surface area contributed by atoms with Crippen molar-refractivity contribution in [1.29, 1.82) is 0 Å². The van der Waals surface area contributed by atoms with Crippen molar-refractivity contribution in [3.8, 4) is 5.75 Å². The molecule has 1 N–H and O–H groups in total. The first kappa shape index (κ1) is 24.8. The molecule has 1 atom stereocenters. The summed E-state index contributed by atoms with van der Waals surface area (Å²) in [5.41, 5.74) is 2.30. The molecule has 0 aliphatic heterocycles. The van der Waals surface area contributed by atoms with Crippen LogP contribution >= 0.6 is 15.9 Å². The average molecular weight is 531 g/mol. The van der Waals surface area contributed by atoms with Gasteiger partial charge in [0.25, 0.3) is 10.0 Å². The highest BCUT2D eigenvalue weighted by atomic mass is 79.9. The second-order valence-corrected chi connectivity index (χ2v) is 10.3. The lowest BCUT2D eigenvalue weighted by Gasteiger charge is -2.26. The maximum atomic E-state index is 13.4. The Hall–Kier alpha value is -2.84. The summed E-state index contributed by atoms with van der Waals surface area (Å²) >= 11 is 3.39. The zero-order valence-corrected chi connectivity index (χ0v) is 21.2. The molecule has 6 nitrogen and oxygen atoms in total. The first-order valence-electron chi connectivity index (χ1n) is 10.5. The number of carbonyl (C=O) groups is 1. The van der Waals surface area contributed by atoms with Gasteiger partial charge in [0.15, 0.2) is 0 Å². The van der Waals surface area contributed by atoms with E-state index in [0.717, 1.165) is 21.2 Å². The van der Waals surface area contributed by atoms with Crippen molar-refractivity contribution in [2.24, 2.45) is 0 Å². The molecule has 33 heavy (non-hydrogen) atoms. The SMILES string of the molecule is CC[C@H](NC(=O)CN(c1cccc(Br)c1)S(=O)(=O)c1ccccc1)c1ccc(OC)c(C)c1. The van der Waals surface area contributed by atoms with Gasteiger partial charge in [0.05, 0.1) is 23.7 Å². The summed E-state index contributed by atoms with van der Waals surface area (Å²) in [6.45, 7) is 3.56. The fraction of sp³-hybridized carbons (Fsp3) is 0.240. The minimum absolute atomic E-state index is 0.121. The Morgan fingerprint density at radius 3 is 2.39 bits per heavy atom. The number of sulfonamides is 1. The van der Waals surface area contributed by atoms with Gasteiger partial charge in [0.2, 0.25) is 5.91 Å². The van der Waals surface area contributed by atoms with Gasteiger partial charge >= 0.3 is 0 Å². The number of ether oxygens (including phenoxy) is 1. The molecular weight excluding hydrogens is 504 g/mol. The summed E-state index contributed by atoms with van der Waals surface area (Å²) in [4.78, 5) is 13.2. The van der Waals surface area contributed by atoms with Crippen molar-refractivity contribution < 1.29 is 17.9 Å². The van der Waals surface area contributed by atoms with Crippen LogP contribution in [0.4, 0.5) is 5.69 Å². The monoisotopic (exact) mass is 530 g/mol. The summed E-state index contributed by atoms with van der Waals surface area (Å²) in [5.74, 6) is 0.379. The summed E-state index contributed by atoms with van der Waals surface area (Å²) in [6, 6.07) is 20.5. The second-order valence-electron chi connectivity index (χ2n) is 7.56. The summed E-state index contributed by atoms with van der Waals surface area (Å²) < 4.78 is 34.0. The van der Waals surface area contributed by atoms with E-state index >= 15 is 0 Å².